The third-order valence-electron chi connectivity index (χ3n) is 5.10. The van der Waals surface area contributed by atoms with Gasteiger partial charge in [-0.25, -0.2) is 0 Å². The van der Waals surface area contributed by atoms with E-state index in [1.165, 1.54) is 62.3 Å². The van der Waals surface area contributed by atoms with Gasteiger partial charge in [-0.2, -0.15) is 0 Å². The van der Waals surface area contributed by atoms with Crippen molar-refractivity contribution in [1.82, 2.24) is 10.2 Å². The number of rotatable bonds is 5. The van der Waals surface area contributed by atoms with E-state index in [0.29, 0.717) is 0 Å². The fourth-order valence-corrected chi connectivity index (χ4v) is 3.71. The molecule has 1 saturated heterocycles. The summed E-state index contributed by atoms with van der Waals surface area (Å²) in [6.07, 6.45) is 3.89. The van der Waals surface area contributed by atoms with Gasteiger partial charge in [0, 0.05) is 32.4 Å². The van der Waals surface area contributed by atoms with Crippen LogP contribution >= 0.6 is 0 Å². The van der Waals surface area contributed by atoms with Crippen molar-refractivity contribution >= 4 is 5.69 Å². The lowest BCUT2D eigenvalue weighted by Crippen LogP contribution is -2.35. The Balaban J connectivity index is 1.61. The highest BCUT2D eigenvalue weighted by Crippen LogP contribution is 2.28. The summed E-state index contributed by atoms with van der Waals surface area (Å²) in [7, 11) is 2.20. The average Bonchev–Trinajstić information content (AvgIpc) is 2.88. The number of likely N-dealkylation sites (N-methyl/N-ethyl adjacent to an activating group) is 1. The topological polar surface area (TPSA) is 18.5 Å². The van der Waals surface area contributed by atoms with Crippen molar-refractivity contribution in [1.29, 1.82) is 0 Å². The fraction of sp³-hybridized carbons (Fsp3) is 0.667. The molecule has 0 aromatic heterocycles. The second-order valence-electron chi connectivity index (χ2n) is 6.66. The molecule has 116 valence electrons. The summed E-state index contributed by atoms with van der Waals surface area (Å²) in [5.41, 5.74) is 4.45. The first-order chi connectivity index (χ1) is 10.3. The molecule has 3 rings (SSSR count). The van der Waals surface area contributed by atoms with Gasteiger partial charge < -0.3 is 10.2 Å². The molecule has 3 nitrogen and oxygen atoms in total. The lowest BCUT2D eigenvalue weighted by Gasteiger charge is -2.29. The van der Waals surface area contributed by atoms with Crippen LogP contribution in [0.1, 0.15) is 30.9 Å². The predicted octanol–water partition coefficient (Wildman–Crippen LogP) is 2.50. The second kappa shape index (κ2) is 6.80. The smallest absolute Gasteiger partial charge is 0.0397 e. The Labute approximate surface area is 129 Å². The van der Waals surface area contributed by atoms with Gasteiger partial charge >= 0.3 is 0 Å². The van der Waals surface area contributed by atoms with Crippen molar-refractivity contribution in [3.05, 3.63) is 29.3 Å². The molecule has 2 aliphatic heterocycles. The van der Waals surface area contributed by atoms with Crippen LogP contribution in [0.4, 0.5) is 5.69 Å². The highest BCUT2D eigenvalue weighted by atomic mass is 15.1. The summed E-state index contributed by atoms with van der Waals surface area (Å²) in [6, 6.07) is 7.08. The van der Waals surface area contributed by atoms with Crippen LogP contribution < -0.4 is 10.2 Å². The van der Waals surface area contributed by atoms with Crippen LogP contribution in [0.25, 0.3) is 0 Å². The van der Waals surface area contributed by atoms with Crippen molar-refractivity contribution in [3.8, 4) is 0 Å². The Kier molecular flexibility index (Phi) is 4.81. The summed E-state index contributed by atoms with van der Waals surface area (Å²) >= 11 is 0. The van der Waals surface area contributed by atoms with E-state index in [9.17, 15) is 0 Å². The van der Waals surface area contributed by atoms with E-state index in [1.807, 2.05) is 0 Å². The first-order valence-corrected chi connectivity index (χ1v) is 8.52. The highest BCUT2D eigenvalue weighted by molar-refractivity contribution is 5.58. The zero-order chi connectivity index (χ0) is 14.7. The Morgan fingerprint density at radius 1 is 1.29 bits per heavy atom. The quantitative estimate of drug-likeness (QED) is 0.897. The normalized spacial score (nSPS) is 19.3. The maximum absolute atomic E-state index is 3.46. The van der Waals surface area contributed by atoms with Crippen LogP contribution in [0.5, 0.6) is 0 Å². The van der Waals surface area contributed by atoms with Crippen molar-refractivity contribution in [3.63, 3.8) is 0 Å². The molecular weight excluding hydrogens is 258 g/mol. The Morgan fingerprint density at radius 2 is 2.10 bits per heavy atom. The zero-order valence-electron chi connectivity index (χ0n) is 13.6. The number of nitrogens with zero attached hydrogens (tertiary/aromatic N) is 2. The van der Waals surface area contributed by atoms with Gasteiger partial charge in [0.2, 0.25) is 0 Å². The lowest BCUT2D eigenvalue weighted by molar-refractivity contribution is 0.207. The second-order valence-corrected chi connectivity index (χ2v) is 6.66. The van der Waals surface area contributed by atoms with E-state index < -0.39 is 0 Å². The molecule has 2 heterocycles. The lowest BCUT2D eigenvalue weighted by atomic mass is 9.97. The molecule has 3 heteroatoms. The van der Waals surface area contributed by atoms with Crippen molar-refractivity contribution in [2.24, 2.45) is 5.92 Å². The molecule has 0 spiro atoms. The number of hydrogen-bond donors (Lipinski definition) is 1. The van der Waals surface area contributed by atoms with Gasteiger partial charge in [0.05, 0.1) is 0 Å². The van der Waals surface area contributed by atoms with Gasteiger partial charge in [0.1, 0.15) is 0 Å². The third kappa shape index (κ3) is 3.58. The van der Waals surface area contributed by atoms with Gasteiger partial charge in [-0.05, 0) is 62.0 Å². The van der Waals surface area contributed by atoms with Crippen LogP contribution in [0.15, 0.2) is 18.2 Å². The van der Waals surface area contributed by atoms with E-state index in [1.54, 1.807) is 0 Å². The monoisotopic (exact) mass is 287 g/mol. The Bertz CT molecular complexity index is 466. The van der Waals surface area contributed by atoms with Gasteiger partial charge in [0.25, 0.3) is 0 Å². The molecule has 1 fully saturated rings. The van der Waals surface area contributed by atoms with Crippen LogP contribution in [-0.4, -0.2) is 44.7 Å². The van der Waals surface area contributed by atoms with E-state index in [0.717, 1.165) is 19.0 Å². The Hall–Kier alpha value is -1.06. The molecule has 0 aliphatic carbocycles. The van der Waals surface area contributed by atoms with Gasteiger partial charge in [0.15, 0.2) is 0 Å². The molecule has 1 N–H and O–H groups in total. The van der Waals surface area contributed by atoms with Gasteiger partial charge in [-0.1, -0.05) is 19.1 Å². The van der Waals surface area contributed by atoms with E-state index >= 15 is 0 Å². The fourth-order valence-electron chi connectivity index (χ4n) is 3.71. The van der Waals surface area contributed by atoms with Gasteiger partial charge in [-0.3, -0.25) is 4.90 Å². The summed E-state index contributed by atoms with van der Waals surface area (Å²) in [6.45, 7) is 9.39. The maximum Gasteiger partial charge on any atom is 0.0397 e. The first-order valence-electron chi connectivity index (χ1n) is 8.52. The minimum absolute atomic E-state index is 0.881. The number of anilines is 1. The van der Waals surface area contributed by atoms with E-state index in [4.69, 9.17) is 0 Å². The molecule has 0 radical (unpaired) electrons. The molecule has 21 heavy (non-hydrogen) atoms. The molecule has 2 aliphatic rings. The van der Waals surface area contributed by atoms with Crippen molar-refractivity contribution in [2.45, 2.75) is 32.7 Å². The SMILES string of the molecule is CCN(Cc1ccc2c(c1)CCN2C)CC1CCNCC1. The predicted molar refractivity (Wildman–Crippen MR) is 90.0 cm³/mol. The number of fused-ring (bicyclic) bond motifs is 1. The summed E-state index contributed by atoms with van der Waals surface area (Å²) < 4.78 is 0. The zero-order valence-corrected chi connectivity index (χ0v) is 13.6. The molecule has 1 aromatic rings. The van der Waals surface area contributed by atoms with Crippen molar-refractivity contribution in [2.75, 3.05) is 44.7 Å². The number of piperidine rings is 1. The maximum atomic E-state index is 3.46. The molecule has 0 amide bonds. The van der Waals surface area contributed by atoms with Crippen LogP contribution in [-0.2, 0) is 13.0 Å². The molecule has 0 saturated carbocycles. The molecular formula is C18H29N3. The molecule has 0 bridgehead atoms. The summed E-state index contributed by atoms with van der Waals surface area (Å²) in [4.78, 5) is 4.99. The average molecular weight is 287 g/mol. The van der Waals surface area contributed by atoms with E-state index in [-0.39, 0.29) is 0 Å². The number of hydrogen-bond acceptors (Lipinski definition) is 3. The van der Waals surface area contributed by atoms with E-state index in [2.05, 4.69) is 47.3 Å². The standard InChI is InChI=1S/C18H29N3/c1-3-21(13-15-6-9-19-10-7-15)14-16-4-5-18-17(12-16)8-11-20(18)2/h4-5,12,15,19H,3,6-11,13-14H2,1-2H3. The molecule has 1 aromatic carbocycles. The van der Waals surface area contributed by atoms with Crippen LogP contribution in [0.3, 0.4) is 0 Å². The Morgan fingerprint density at radius 3 is 2.86 bits per heavy atom. The highest BCUT2D eigenvalue weighted by Gasteiger charge is 2.18. The third-order valence-corrected chi connectivity index (χ3v) is 5.10. The number of benzene rings is 1. The van der Waals surface area contributed by atoms with Gasteiger partial charge in [-0.15, -0.1) is 0 Å². The minimum atomic E-state index is 0.881. The van der Waals surface area contributed by atoms with Crippen molar-refractivity contribution < 1.29 is 0 Å². The molecule has 0 atom stereocenters. The molecule has 0 unspecified atom stereocenters. The summed E-state index contributed by atoms with van der Waals surface area (Å²) in [5, 5.41) is 3.46. The largest absolute Gasteiger partial charge is 0.374 e. The first kappa shape index (κ1) is 14.9. The minimum Gasteiger partial charge on any atom is -0.374 e. The number of nitrogens with one attached hydrogen (secondary N) is 1. The van der Waals surface area contributed by atoms with Crippen LogP contribution in [0.2, 0.25) is 0 Å². The van der Waals surface area contributed by atoms with Crippen LogP contribution in [0, 0.1) is 5.92 Å². The summed E-state index contributed by atoms with van der Waals surface area (Å²) in [5.74, 6) is 0.881.